The van der Waals surface area contributed by atoms with Crippen molar-refractivity contribution in [2.24, 2.45) is 5.73 Å². The molecule has 0 atom stereocenters. The number of nitrogens with one attached hydrogen (secondary N) is 1. The summed E-state index contributed by atoms with van der Waals surface area (Å²) in [5, 5.41) is 3.03. The first kappa shape index (κ1) is 12.6. The van der Waals surface area contributed by atoms with Gasteiger partial charge in [-0.1, -0.05) is 0 Å². The first-order valence-corrected chi connectivity index (χ1v) is 4.96. The van der Waals surface area contributed by atoms with Gasteiger partial charge < -0.3 is 25.3 Å². The Balaban J connectivity index is 3.05. The maximum Gasteiger partial charge on any atom is 0.203 e. The van der Waals surface area contributed by atoms with Crippen LogP contribution in [-0.4, -0.2) is 28.0 Å². The minimum Gasteiger partial charge on any atom is -0.493 e. The molecule has 16 heavy (non-hydrogen) atoms. The Morgan fingerprint density at radius 2 is 1.62 bits per heavy atom. The third-order valence-electron chi connectivity index (χ3n) is 2.20. The molecule has 0 saturated heterocycles. The highest BCUT2D eigenvalue weighted by Crippen LogP contribution is 2.38. The minimum absolute atomic E-state index is 0.427. The predicted molar refractivity (Wildman–Crippen MR) is 62.0 cm³/mol. The Morgan fingerprint density at radius 3 is 2.00 bits per heavy atom. The first-order valence-electron chi connectivity index (χ1n) is 4.96. The second kappa shape index (κ2) is 6.19. The molecule has 5 nitrogen and oxygen atoms in total. The van der Waals surface area contributed by atoms with Gasteiger partial charge in [-0.15, -0.1) is 0 Å². The Labute approximate surface area is 95.5 Å². The molecule has 0 bridgehead atoms. The van der Waals surface area contributed by atoms with E-state index in [1.54, 1.807) is 21.3 Å². The normalized spacial score (nSPS) is 10.0. The molecule has 90 valence electrons. The third-order valence-corrected chi connectivity index (χ3v) is 2.20. The molecule has 0 heterocycles. The quantitative estimate of drug-likeness (QED) is 0.700. The molecule has 0 unspecified atom stereocenters. The summed E-state index contributed by atoms with van der Waals surface area (Å²) in [4.78, 5) is 0. The van der Waals surface area contributed by atoms with E-state index in [9.17, 15) is 0 Å². The SMILES string of the molecule is COc1cc(CNCN)cc(OC)c1OC. The molecule has 1 rings (SSSR count). The van der Waals surface area contributed by atoms with Crippen LogP contribution in [0.25, 0.3) is 0 Å². The van der Waals surface area contributed by atoms with Gasteiger partial charge in [0.2, 0.25) is 5.75 Å². The predicted octanol–water partition coefficient (Wildman–Crippen LogP) is 0.718. The van der Waals surface area contributed by atoms with Crippen LogP contribution in [0, 0.1) is 0 Å². The zero-order chi connectivity index (χ0) is 12.0. The summed E-state index contributed by atoms with van der Waals surface area (Å²) in [7, 11) is 4.77. The zero-order valence-electron chi connectivity index (χ0n) is 9.87. The van der Waals surface area contributed by atoms with Crippen LogP contribution in [-0.2, 0) is 6.54 Å². The molecule has 0 amide bonds. The summed E-state index contributed by atoms with van der Waals surface area (Å²) < 4.78 is 15.7. The topological polar surface area (TPSA) is 65.7 Å². The first-order chi connectivity index (χ1) is 7.76. The second-order valence-corrected chi connectivity index (χ2v) is 3.16. The van der Waals surface area contributed by atoms with Gasteiger partial charge in [0.05, 0.1) is 21.3 Å². The van der Waals surface area contributed by atoms with E-state index in [0.717, 1.165) is 5.56 Å². The van der Waals surface area contributed by atoms with Crippen LogP contribution in [0.15, 0.2) is 12.1 Å². The molecule has 1 aromatic carbocycles. The van der Waals surface area contributed by atoms with Crippen LogP contribution in [0.2, 0.25) is 0 Å². The van der Waals surface area contributed by atoms with Gasteiger partial charge in [0, 0.05) is 13.2 Å². The van der Waals surface area contributed by atoms with Crippen molar-refractivity contribution in [1.29, 1.82) is 0 Å². The van der Waals surface area contributed by atoms with Gasteiger partial charge in [0.25, 0.3) is 0 Å². The van der Waals surface area contributed by atoms with Gasteiger partial charge in [0.1, 0.15) is 0 Å². The van der Waals surface area contributed by atoms with E-state index in [0.29, 0.717) is 30.5 Å². The van der Waals surface area contributed by atoms with Crippen molar-refractivity contribution >= 4 is 0 Å². The van der Waals surface area contributed by atoms with E-state index in [4.69, 9.17) is 19.9 Å². The lowest BCUT2D eigenvalue weighted by atomic mass is 10.2. The van der Waals surface area contributed by atoms with E-state index in [1.165, 1.54) is 0 Å². The van der Waals surface area contributed by atoms with Gasteiger partial charge in [-0.3, -0.25) is 0 Å². The molecule has 1 aromatic rings. The molecular weight excluding hydrogens is 208 g/mol. The lowest BCUT2D eigenvalue weighted by Crippen LogP contribution is -2.21. The molecule has 0 aromatic heterocycles. The molecule has 0 saturated carbocycles. The molecule has 0 aliphatic heterocycles. The lowest BCUT2D eigenvalue weighted by molar-refractivity contribution is 0.323. The average molecular weight is 226 g/mol. The Morgan fingerprint density at radius 1 is 1.06 bits per heavy atom. The smallest absolute Gasteiger partial charge is 0.203 e. The molecule has 0 aliphatic carbocycles. The van der Waals surface area contributed by atoms with Crippen molar-refractivity contribution in [3.63, 3.8) is 0 Å². The number of ether oxygens (including phenoxy) is 3. The van der Waals surface area contributed by atoms with Crippen LogP contribution in [0.1, 0.15) is 5.56 Å². The maximum atomic E-state index is 5.38. The second-order valence-electron chi connectivity index (χ2n) is 3.16. The van der Waals surface area contributed by atoms with Gasteiger partial charge in [-0.25, -0.2) is 0 Å². The number of hydrogen-bond acceptors (Lipinski definition) is 5. The molecule has 5 heteroatoms. The van der Waals surface area contributed by atoms with Crippen LogP contribution in [0.5, 0.6) is 17.2 Å². The maximum absolute atomic E-state index is 5.38. The number of rotatable bonds is 6. The number of methoxy groups -OCH3 is 3. The number of hydrogen-bond donors (Lipinski definition) is 2. The van der Waals surface area contributed by atoms with Crippen LogP contribution in [0.3, 0.4) is 0 Å². The fourth-order valence-corrected chi connectivity index (χ4v) is 1.45. The van der Waals surface area contributed by atoms with E-state index in [1.807, 2.05) is 12.1 Å². The molecular formula is C11H18N2O3. The summed E-state index contributed by atoms with van der Waals surface area (Å²) in [5.41, 5.74) is 6.40. The van der Waals surface area contributed by atoms with Crippen LogP contribution >= 0.6 is 0 Å². The summed E-state index contributed by atoms with van der Waals surface area (Å²) in [6.07, 6.45) is 0. The Kier molecular flexibility index (Phi) is 4.88. The zero-order valence-corrected chi connectivity index (χ0v) is 9.87. The molecule has 0 aliphatic rings. The van der Waals surface area contributed by atoms with E-state index in [2.05, 4.69) is 5.32 Å². The van der Waals surface area contributed by atoms with Crippen molar-refractivity contribution < 1.29 is 14.2 Å². The van der Waals surface area contributed by atoms with Crippen molar-refractivity contribution in [2.75, 3.05) is 28.0 Å². The summed E-state index contributed by atoms with van der Waals surface area (Å²) in [6, 6.07) is 3.79. The largest absolute Gasteiger partial charge is 0.493 e. The molecule has 0 fully saturated rings. The Bertz CT molecular complexity index is 317. The fourth-order valence-electron chi connectivity index (χ4n) is 1.45. The lowest BCUT2D eigenvalue weighted by Gasteiger charge is -2.14. The van der Waals surface area contributed by atoms with Gasteiger partial charge in [-0.2, -0.15) is 0 Å². The molecule has 3 N–H and O–H groups in total. The van der Waals surface area contributed by atoms with Crippen molar-refractivity contribution in [2.45, 2.75) is 6.54 Å². The van der Waals surface area contributed by atoms with Gasteiger partial charge in [-0.05, 0) is 17.7 Å². The summed E-state index contributed by atoms with van der Waals surface area (Å²) >= 11 is 0. The number of benzene rings is 1. The van der Waals surface area contributed by atoms with E-state index >= 15 is 0 Å². The highest BCUT2D eigenvalue weighted by molar-refractivity contribution is 5.53. The van der Waals surface area contributed by atoms with Crippen LogP contribution in [0.4, 0.5) is 0 Å². The van der Waals surface area contributed by atoms with Crippen LogP contribution < -0.4 is 25.3 Å². The van der Waals surface area contributed by atoms with Gasteiger partial charge in [0.15, 0.2) is 11.5 Å². The standard InChI is InChI=1S/C11H18N2O3/c1-14-9-4-8(6-13-7-12)5-10(15-2)11(9)16-3/h4-5,13H,6-7,12H2,1-3H3. The third kappa shape index (κ3) is 2.77. The van der Waals surface area contributed by atoms with E-state index in [-0.39, 0.29) is 0 Å². The monoisotopic (exact) mass is 226 g/mol. The van der Waals surface area contributed by atoms with Gasteiger partial charge >= 0.3 is 0 Å². The van der Waals surface area contributed by atoms with Crippen molar-refractivity contribution in [3.8, 4) is 17.2 Å². The average Bonchev–Trinajstić information content (AvgIpc) is 2.34. The summed E-state index contributed by atoms with van der Waals surface area (Å²) in [5.74, 6) is 1.90. The number of nitrogens with two attached hydrogens (primary N) is 1. The fraction of sp³-hybridized carbons (Fsp3) is 0.455. The highest BCUT2D eigenvalue weighted by atomic mass is 16.5. The highest BCUT2D eigenvalue weighted by Gasteiger charge is 2.12. The van der Waals surface area contributed by atoms with E-state index < -0.39 is 0 Å². The van der Waals surface area contributed by atoms with Crippen molar-refractivity contribution in [3.05, 3.63) is 17.7 Å². The van der Waals surface area contributed by atoms with Crippen molar-refractivity contribution in [1.82, 2.24) is 5.32 Å². The minimum atomic E-state index is 0.427. The molecule has 0 spiro atoms. The summed E-state index contributed by atoms with van der Waals surface area (Å²) in [6.45, 7) is 1.09. The molecule has 0 radical (unpaired) electrons. The Hall–Kier alpha value is -1.46.